The van der Waals surface area contributed by atoms with Crippen LogP contribution in [-0.4, -0.2) is 32.1 Å². The van der Waals surface area contributed by atoms with Crippen molar-refractivity contribution in [1.29, 1.82) is 0 Å². The summed E-state index contributed by atoms with van der Waals surface area (Å²) in [5.41, 5.74) is 0.954. The number of nitrogens with zero attached hydrogens (tertiary/aromatic N) is 4. The molecule has 90 valence electrons. The van der Waals surface area contributed by atoms with Crippen LogP contribution in [0, 0.1) is 0 Å². The molecule has 0 fully saturated rings. The van der Waals surface area contributed by atoms with Crippen LogP contribution in [0.4, 0.5) is 0 Å². The molecule has 3 aromatic rings. The molecule has 0 saturated heterocycles. The lowest BCUT2D eigenvalue weighted by Crippen LogP contribution is -2.06. The van der Waals surface area contributed by atoms with E-state index in [0.717, 1.165) is 11.4 Å². The summed E-state index contributed by atoms with van der Waals surface area (Å²) in [6.07, 6.45) is 1.30. The first-order valence-corrected chi connectivity index (χ1v) is 5.23. The fraction of sp³-hybridized carbons (Fsp3) is 0.0909. The minimum atomic E-state index is -0.306. The molecule has 3 rings (SSSR count). The van der Waals surface area contributed by atoms with Gasteiger partial charge in [-0.1, -0.05) is 0 Å². The second-order valence-corrected chi connectivity index (χ2v) is 3.59. The van der Waals surface area contributed by atoms with Gasteiger partial charge in [0.1, 0.15) is 5.75 Å². The number of H-pyrrole nitrogens is 1. The van der Waals surface area contributed by atoms with Gasteiger partial charge in [-0.3, -0.25) is 4.79 Å². The number of nitrogens with one attached hydrogen (secondary N) is 1. The van der Waals surface area contributed by atoms with Gasteiger partial charge in [-0.15, -0.1) is 15.0 Å². The van der Waals surface area contributed by atoms with Gasteiger partial charge in [-0.05, 0) is 24.3 Å². The topological polar surface area (TPSA) is 85.7 Å². The summed E-state index contributed by atoms with van der Waals surface area (Å²) in [5, 5.41) is 8.23. The molecule has 0 radical (unpaired) electrons. The Labute approximate surface area is 101 Å². The van der Waals surface area contributed by atoms with Gasteiger partial charge in [-0.2, -0.15) is 0 Å². The van der Waals surface area contributed by atoms with E-state index in [9.17, 15) is 4.79 Å². The Bertz CT molecular complexity index is 744. The van der Waals surface area contributed by atoms with E-state index in [4.69, 9.17) is 4.74 Å². The van der Waals surface area contributed by atoms with Crippen molar-refractivity contribution in [3.05, 3.63) is 40.9 Å². The molecule has 7 heteroatoms. The van der Waals surface area contributed by atoms with E-state index in [1.807, 2.05) is 0 Å². The first-order valence-electron chi connectivity index (χ1n) is 5.23. The largest absolute Gasteiger partial charge is 0.497 e. The zero-order chi connectivity index (χ0) is 12.5. The highest BCUT2D eigenvalue weighted by Crippen LogP contribution is 2.14. The number of fused-ring (bicyclic) bond motifs is 1. The Balaban J connectivity index is 2.13. The highest BCUT2D eigenvalue weighted by molar-refractivity contribution is 5.67. The van der Waals surface area contributed by atoms with E-state index in [2.05, 4.69) is 20.2 Å². The van der Waals surface area contributed by atoms with Gasteiger partial charge in [0.25, 0.3) is 5.56 Å². The van der Waals surface area contributed by atoms with E-state index in [1.165, 1.54) is 11.1 Å². The Morgan fingerprint density at radius 2 is 2.00 bits per heavy atom. The molecule has 2 aromatic heterocycles. The van der Waals surface area contributed by atoms with Crippen LogP contribution in [0.1, 0.15) is 0 Å². The number of hydrogen-bond acceptors (Lipinski definition) is 5. The van der Waals surface area contributed by atoms with Crippen molar-refractivity contribution in [2.24, 2.45) is 0 Å². The highest BCUT2D eigenvalue weighted by Gasteiger charge is 2.08. The van der Waals surface area contributed by atoms with Gasteiger partial charge in [-0.25, -0.2) is 4.98 Å². The highest BCUT2D eigenvalue weighted by atomic mass is 16.5. The molecular weight excluding hydrogens is 234 g/mol. The quantitative estimate of drug-likeness (QED) is 0.708. The third-order valence-corrected chi connectivity index (χ3v) is 2.50. The number of aromatic nitrogens is 5. The molecule has 0 amide bonds. The fourth-order valence-corrected chi connectivity index (χ4v) is 1.58. The molecule has 7 nitrogen and oxygen atoms in total. The first kappa shape index (κ1) is 10.5. The predicted octanol–water partition coefficient (Wildman–Crippen LogP) is 0.512. The van der Waals surface area contributed by atoms with Crippen molar-refractivity contribution in [3.8, 4) is 11.4 Å². The third kappa shape index (κ3) is 1.61. The van der Waals surface area contributed by atoms with Gasteiger partial charge < -0.3 is 9.72 Å². The van der Waals surface area contributed by atoms with Crippen LogP contribution in [0.3, 0.4) is 0 Å². The lowest BCUT2D eigenvalue weighted by atomic mass is 10.3. The second-order valence-electron chi connectivity index (χ2n) is 3.59. The van der Waals surface area contributed by atoms with Crippen molar-refractivity contribution in [1.82, 2.24) is 25.0 Å². The molecule has 0 aliphatic heterocycles. The number of benzene rings is 1. The van der Waals surface area contributed by atoms with E-state index in [1.54, 1.807) is 31.4 Å². The summed E-state index contributed by atoms with van der Waals surface area (Å²) in [6.45, 7) is 0. The molecule has 0 bridgehead atoms. The van der Waals surface area contributed by atoms with Crippen LogP contribution in [0.25, 0.3) is 16.9 Å². The molecule has 0 atom stereocenters. The summed E-state index contributed by atoms with van der Waals surface area (Å²) in [4.78, 5) is 19.3. The minimum absolute atomic E-state index is 0.216. The van der Waals surface area contributed by atoms with Crippen LogP contribution in [-0.2, 0) is 0 Å². The molecule has 2 heterocycles. The maximum atomic E-state index is 11.5. The third-order valence-electron chi connectivity index (χ3n) is 2.50. The summed E-state index contributed by atoms with van der Waals surface area (Å²) < 4.78 is 5.07. The van der Waals surface area contributed by atoms with E-state index >= 15 is 0 Å². The predicted molar refractivity (Wildman–Crippen MR) is 63.8 cm³/mol. The molecule has 0 unspecified atom stereocenters. The van der Waals surface area contributed by atoms with Crippen LogP contribution < -0.4 is 10.3 Å². The van der Waals surface area contributed by atoms with E-state index in [-0.39, 0.29) is 11.1 Å². The first-order chi connectivity index (χ1) is 8.78. The number of ether oxygens (including phenoxy) is 1. The molecule has 18 heavy (non-hydrogen) atoms. The lowest BCUT2D eigenvalue weighted by molar-refractivity contribution is 0.414. The van der Waals surface area contributed by atoms with Gasteiger partial charge in [0.05, 0.1) is 19.1 Å². The molecule has 1 N–H and O–H groups in total. The smallest absolute Gasteiger partial charge is 0.280 e. The Morgan fingerprint density at radius 3 is 2.67 bits per heavy atom. The van der Waals surface area contributed by atoms with Crippen LogP contribution in [0.15, 0.2) is 35.4 Å². The van der Waals surface area contributed by atoms with Crippen molar-refractivity contribution in [2.75, 3.05) is 7.11 Å². The number of methoxy groups -OCH3 is 1. The molecule has 0 aliphatic rings. The average Bonchev–Trinajstić information content (AvgIpc) is 2.84. The summed E-state index contributed by atoms with van der Waals surface area (Å²) >= 11 is 0. The van der Waals surface area contributed by atoms with E-state index in [0.29, 0.717) is 5.65 Å². The normalized spacial score (nSPS) is 10.7. The van der Waals surface area contributed by atoms with Crippen molar-refractivity contribution >= 4 is 11.2 Å². The van der Waals surface area contributed by atoms with Crippen LogP contribution in [0.5, 0.6) is 5.75 Å². The maximum absolute atomic E-state index is 11.5. The molecule has 0 aliphatic carbocycles. The number of rotatable bonds is 2. The lowest BCUT2D eigenvalue weighted by Gasteiger charge is -2.01. The second kappa shape index (κ2) is 3.95. The minimum Gasteiger partial charge on any atom is -0.497 e. The zero-order valence-corrected chi connectivity index (χ0v) is 9.49. The number of aromatic amines is 1. The molecular formula is C11H9N5O2. The summed E-state index contributed by atoms with van der Waals surface area (Å²) in [6, 6.07) is 7.18. The van der Waals surface area contributed by atoms with Crippen LogP contribution in [0.2, 0.25) is 0 Å². The summed E-state index contributed by atoms with van der Waals surface area (Å²) in [5.74, 6) is 0.742. The van der Waals surface area contributed by atoms with Crippen molar-refractivity contribution < 1.29 is 4.74 Å². The van der Waals surface area contributed by atoms with Gasteiger partial charge in [0.15, 0.2) is 5.52 Å². The van der Waals surface area contributed by atoms with Crippen LogP contribution >= 0.6 is 0 Å². The van der Waals surface area contributed by atoms with E-state index < -0.39 is 0 Å². The SMILES string of the molecule is COc1ccc(-n2nc3nc[nH]c(=O)c3n2)cc1. The Hall–Kier alpha value is -2.70. The Kier molecular flexibility index (Phi) is 2.30. The van der Waals surface area contributed by atoms with Gasteiger partial charge in [0.2, 0.25) is 5.65 Å². The fourth-order valence-electron chi connectivity index (χ4n) is 1.58. The van der Waals surface area contributed by atoms with Crippen molar-refractivity contribution in [2.45, 2.75) is 0 Å². The number of hydrogen-bond donors (Lipinski definition) is 1. The Morgan fingerprint density at radius 1 is 1.22 bits per heavy atom. The van der Waals surface area contributed by atoms with Gasteiger partial charge in [0, 0.05) is 0 Å². The maximum Gasteiger partial charge on any atom is 0.280 e. The molecule has 0 saturated carbocycles. The standard InChI is InChI=1S/C11H9N5O2/c1-18-8-4-2-7(3-5-8)16-14-9-10(15-16)12-6-13-11(9)17/h2-6H,1H3,(H,12,13,15,17). The average molecular weight is 243 g/mol. The monoisotopic (exact) mass is 243 g/mol. The molecule has 0 spiro atoms. The summed E-state index contributed by atoms with van der Waals surface area (Å²) in [7, 11) is 1.60. The molecule has 1 aromatic carbocycles. The zero-order valence-electron chi connectivity index (χ0n) is 9.49. The van der Waals surface area contributed by atoms with Crippen molar-refractivity contribution in [3.63, 3.8) is 0 Å². The van der Waals surface area contributed by atoms with Gasteiger partial charge >= 0.3 is 0 Å².